The molecule has 8 nitrogen and oxygen atoms in total. The minimum atomic E-state index is -0.627. The molecule has 0 radical (unpaired) electrons. The number of ether oxygens (including phenoxy) is 4. The summed E-state index contributed by atoms with van der Waals surface area (Å²) in [4.78, 5) is 29.0. The number of nitrogen functional groups attached to an aromatic ring is 1. The lowest BCUT2D eigenvalue weighted by atomic mass is 9.97. The largest absolute Gasteiger partial charge is 0.493 e. The van der Waals surface area contributed by atoms with Gasteiger partial charge in [0.1, 0.15) is 5.69 Å². The van der Waals surface area contributed by atoms with E-state index in [4.69, 9.17) is 24.7 Å². The zero-order valence-corrected chi connectivity index (χ0v) is 16.6. The van der Waals surface area contributed by atoms with Gasteiger partial charge in [-0.2, -0.15) is 0 Å². The zero-order valence-electron chi connectivity index (χ0n) is 16.6. The summed E-state index contributed by atoms with van der Waals surface area (Å²) in [5.41, 5.74) is 7.28. The zero-order chi connectivity index (χ0) is 21.1. The molecule has 0 bridgehead atoms. The molecule has 0 amide bonds. The maximum atomic E-state index is 13.5. The summed E-state index contributed by atoms with van der Waals surface area (Å²) >= 11 is 0. The summed E-state index contributed by atoms with van der Waals surface area (Å²) in [6.07, 6.45) is 0. The number of nitrogens with two attached hydrogens (primary N) is 1. The summed E-state index contributed by atoms with van der Waals surface area (Å²) < 4.78 is 21.1. The van der Waals surface area contributed by atoms with E-state index in [0.717, 1.165) is 0 Å². The fraction of sp³-hybridized carbons (Fsp3) is 0.238. The van der Waals surface area contributed by atoms with Gasteiger partial charge in [-0.15, -0.1) is 0 Å². The number of benzene rings is 2. The van der Waals surface area contributed by atoms with Crippen LogP contribution in [-0.4, -0.2) is 44.7 Å². The van der Waals surface area contributed by atoms with Crippen molar-refractivity contribution < 1.29 is 28.5 Å². The van der Waals surface area contributed by atoms with E-state index in [9.17, 15) is 9.59 Å². The van der Waals surface area contributed by atoms with Gasteiger partial charge in [0, 0.05) is 10.9 Å². The third kappa shape index (κ3) is 3.33. The number of carbonyl (C=O) groups excluding carboxylic acids is 2. The van der Waals surface area contributed by atoms with E-state index in [1.165, 1.54) is 27.4 Å². The summed E-state index contributed by atoms with van der Waals surface area (Å²) in [6.45, 7) is 1.87. The molecule has 3 rings (SSSR count). The fourth-order valence-electron chi connectivity index (χ4n) is 3.24. The summed E-state index contributed by atoms with van der Waals surface area (Å²) in [5, 5.41) is 0.578. The second kappa shape index (κ2) is 8.14. The molecule has 0 spiro atoms. The molecule has 152 valence electrons. The highest BCUT2D eigenvalue weighted by atomic mass is 16.5. The van der Waals surface area contributed by atoms with Crippen molar-refractivity contribution in [2.45, 2.75) is 6.92 Å². The smallest absolute Gasteiger partial charge is 0.355 e. The summed E-state index contributed by atoms with van der Waals surface area (Å²) in [6, 6.07) is 8.56. The fourth-order valence-corrected chi connectivity index (χ4v) is 3.24. The van der Waals surface area contributed by atoms with Gasteiger partial charge in [0.25, 0.3) is 0 Å². The number of ketones is 1. The normalized spacial score (nSPS) is 10.6. The van der Waals surface area contributed by atoms with Gasteiger partial charge in [-0.05, 0) is 19.1 Å². The molecule has 3 aromatic rings. The van der Waals surface area contributed by atoms with Crippen LogP contribution >= 0.6 is 0 Å². The number of anilines is 1. The minimum absolute atomic E-state index is 0.0613. The van der Waals surface area contributed by atoms with Gasteiger partial charge in [-0.3, -0.25) is 4.79 Å². The number of nitrogens with one attached hydrogen (secondary N) is 1. The van der Waals surface area contributed by atoms with E-state index in [2.05, 4.69) is 4.98 Å². The van der Waals surface area contributed by atoms with Crippen LogP contribution in [0.15, 0.2) is 30.3 Å². The third-order valence-electron chi connectivity index (χ3n) is 4.53. The van der Waals surface area contributed by atoms with Crippen LogP contribution in [0.25, 0.3) is 10.9 Å². The van der Waals surface area contributed by atoms with Crippen LogP contribution in [0.3, 0.4) is 0 Å². The lowest BCUT2D eigenvalue weighted by Crippen LogP contribution is -2.14. The van der Waals surface area contributed by atoms with Crippen molar-refractivity contribution in [3.63, 3.8) is 0 Å². The van der Waals surface area contributed by atoms with Crippen LogP contribution < -0.4 is 19.9 Å². The first-order chi connectivity index (χ1) is 14.0. The second-order valence-electron chi connectivity index (χ2n) is 6.08. The van der Waals surface area contributed by atoms with Crippen molar-refractivity contribution in [3.05, 3.63) is 47.2 Å². The predicted octanol–water partition coefficient (Wildman–Crippen LogP) is 3.18. The topological polar surface area (TPSA) is 113 Å². The van der Waals surface area contributed by atoms with Crippen molar-refractivity contribution in [3.8, 4) is 17.2 Å². The average Bonchev–Trinajstić information content (AvgIpc) is 3.12. The van der Waals surface area contributed by atoms with Crippen LogP contribution in [0.4, 0.5) is 5.69 Å². The van der Waals surface area contributed by atoms with Crippen molar-refractivity contribution in [2.75, 3.05) is 33.7 Å². The number of para-hydroxylation sites is 1. The molecule has 0 saturated carbocycles. The van der Waals surface area contributed by atoms with Crippen molar-refractivity contribution in [1.82, 2.24) is 4.98 Å². The molecule has 3 N–H and O–H groups in total. The molecule has 8 heteroatoms. The molecule has 0 aliphatic rings. The predicted molar refractivity (Wildman–Crippen MR) is 108 cm³/mol. The number of methoxy groups -OCH3 is 3. The van der Waals surface area contributed by atoms with Gasteiger partial charge in [0.05, 0.1) is 44.8 Å². The number of H-pyrrole nitrogens is 1. The second-order valence-corrected chi connectivity index (χ2v) is 6.08. The van der Waals surface area contributed by atoms with Crippen LogP contribution in [0.5, 0.6) is 17.2 Å². The Morgan fingerprint density at radius 1 is 1.03 bits per heavy atom. The first kappa shape index (κ1) is 20.1. The Morgan fingerprint density at radius 2 is 1.72 bits per heavy atom. The van der Waals surface area contributed by atoms with Crippen molar-refractivity contribution in [2.24, 2.45) is 0 Å². The summed E-state index contributed by atoms with van der Waals surface area (Å²) in [5.74, 6) is -0.374. The maximum Gasteiger partial charge on any atom is 0.355 e. The molecular formula is C21H22N2O6. The van der Waals surface area contributed by atoms with Crippen LogP contribution in [-0.2, 0) is 4.74 Å². The van der Waals surface area contributed by atoms with Gasteiger partial charge < -0.3 is 29.7 Å². The number of fused-ring (bicyclic) bond motifs is 1. The molecule has 0 unspecified atom stereocenters. The number of esters is 1. The van der Waals surface area contributed by atoms with Crippen molar-refractivity contribution in [1.29, 1.82) is 0 Å². The number of rotatable bonds is 7. The number of carbonyl (C=O) groups is 2. The quantitative estimate of drug-likeness (QED) is 0.357. The number of hydrogen-bond acceptors (Lipinski definition) is 7. The van der Waals surface area contributed by atoms with Gasteiger partial charge in [0.15, 0.2) is 17.3 Å². The molecular weight excluding hydrogens is 376 g/mol. The van der Waals surface area contributed by atoms with E-state index in [1.807, 2.05) is 0 Å². The monoisotopic (exact) mass is 398 g/mol. The molecule has 1 aromatic heterocycles. The van der Waals surface area contributed by atoms with Gasteiger partial charge in [-0.25, -0.2) is 4.79 Å². The third-order valence-corrected chi connectivity index (χ3v) is 4.53. The van der Waals surface area contributed by atoms with Gasteiger partial charge >= 0.3 is 5.97 Å². The Hall–Kier alpha value is -3.68. The number of aromatic amines is 1. The lowest BCUT2D eigenvalue weighted by Gasteiger charge is -2.17. The first-order valence-corrected chi connectivity index (χ1v) is 8.89. The van der Waals surface area contributed by atoms with Crippen LogP contribution in [0.2, 0.25) is 0 Å². The number of hydrogen-bond donors (Lipinski definition) is 2. The van der Waals surface area contributed by atoms with Crippen molar-refractivity contribution >= 4 is 28.3 Å². The van der Waals surface area contributed by atoms with E-state index in [1.54, 1.807) is 31.2 Å². The van der Waals surface area contributed by atoms with Gasteiger partial charge in [0.2, 0.25) is 5.75 Å². The SMILES string of the molecule is CCOC(=O)c1[nH]c2ccccc2c1C(=O)c1cc(OC)c(OC)c(OC)c1N. The molecule has 0 saturated heterocycles. The minimum Gasteiger partial charge on any atom is -0.493 e. The molecule has 0 aliphatic carbocycles. The van der Waals surface area contributed by atoms with E-state index in [-0.39, 0.29) is 46.4 Å². The van der Waals surface area contributed by atoms with E-state index >= 15 is 0 Å². The summed E-state index contributed by atoms with van der Waals surface area (Å²) in [7, 11) is 4.30. The highest BCUT2D eigenvalue weighted by Gasteiger charge is 2.29. The Bertz CT molecular complexity index is 1090. The molecule has 0 aliphatic heterocycles. The molecule has 29 heavy (non-hydrogen) atoms. The van der Waals surface area contributed by atoms with Crippen LogP contribution in [0, 0.1) is 0 Å². The standard InChI is InChI=1S/C21H22N2O6/c1-5-29-21(25)17-15(11-8-6-7-9-13(11)23-17)18(24)12-10-14(26-2)19(27-3)20(28-4)16(12)22/h6-10,23H,5,22H2,1-4H3. The highest BCUT2D eigenvalue weighted by Crippen LogP contribution is 2.44. The Balaban J connectivity index is 2.28. The molecule has 0 atom stereocenters. The Labute approximate surface area is 167 Å². The highest BCUT2D eigenvalue weighted by molar-refractivity contribution is 6.23. The average molecular weight is 398 g/mol. The lowest BCUT2D eigenvalue weighted by molar-refractivity contribution is 0.0518. The maximum absolute atomic E-state index is 13.5. The molecule has 2 aromatic carbocycles. The Kier molecular flexibility index (Phi) is 5.63. The van der Waals surface area contributed by atoms with Gasteiger partial charge in [-0.1, -0.05) is 18.2 Å². The molecule has 1 heterocycles. The van der Waals surface area contributed by atoms with E-state index < -0.39 is 11.8 Å². The Morgan fingerprint density at radius 3 is 2.34 bits per heavy atom. The molecule has 0 fully saturated rings. The van der Waals surface area contributed by atoms with Crippen LogP contribution in [0.1, 0.15) is 33.3 Å². The number of aromatic nitrogens is 1. The first-order valence-electron chi connectivity index (χ1n) is 8.89. The van der Waals surface area contributed by atoms with E-state index in [0.29, 0.717) is 10.9 Å².